The van der Waals surface area contributed by atoms with Gasteiger partial charge in [-0.15, -0.1) is 0 Å². The van der Waals surface area contributed by atoms with Crippen LogP contribution in [-0.4, -0.2) is 24.2 Å². The number of hydrogen-bond acceptors (Lipinski definition) is 3. The van der Waals surface area contributed by atoms with Crippen LogP contribution in [0, 0.1) is 13.8 Å². The van der Waals surface area contributed by atoms with Crippen molar-refractivity contribution in [3.8, 4) is 0 Å². The van der Waals surface area contributed by atoms with Crippen molar-refractivity contribution >= 4 is 6.03 Å². The van der Waals surface area contributed by atoms with E-state index in [4.69, 9.17) is 4.42 Å². The molecule has 2 amide bonds. The van der Waals surface area contributed by atoms with Gasteiger partial charge in [-0.3, -0.25) is 0 Å². The van der Waals surface area contributed by atoms with E-state index < -0.39 is 6.10 Å². The van der Waals surface area contributed by atoms with Gasteiger partial charge in [-0.2, -0.15) is 0 Å². The molecule has 1 unspecified atom stereocenters. The summed E-state index contributed by atoms with van der Waals surface area (Å²) in [6.07, 6.45) is 0.775. The summed E-state index contributed by atoms with van der Waals surface area (Å²) in [5.74, 6) is 1.52. The topological polar surface area (TPSA) is 74.5 Å². The lowest BCUT2D eigenvalue weighted by Crippen LogP contribution is -2.36. The standard InChI is InChI=1S/C13H22N2O3/c1-4-6-14-13(17)15-7-5-12(16)11-8-9(2)18-10(11)3/h8,12,16H,4-7H2,1-3H3,(H2,14,15,17). The van der Waals surface area contributed by atoms with Crippen molar-refractivity contribution in [3.63, 3.8) is 0 Å². The lowest BCUT2D eigenvalue weighted by atomic mass is 10.1. The van der Waals surface area contributed by atoms with Gasteiger partial charge in [0, 0.05) is 18.7 Å². The van der Waals surface area contributed by atoms with Crippen LogP contribution in [0.1, 0.15) is 43.0 Å². The van der Waals surface area contributed by atoms with E-state index >= 15 is 0 Å². The number of amides is 2. The molecule has 0 spiro atoms. The summed E-state index contributed by atoms with van der Waals surface area (Å²) in [4.78, 5) is 11.3. The summed E-state index contributed by atoms with van der Waals surface area (Å²) in [5, 5.41) is 15.4. The molecule has 0 aliphatic carbocycles. The van der Waals surface area contributed by atoms with Gasteiger partial charge in [0.1, 0.15) is 11.5 Å². The maximum Gasteiger partial charge on any atom is 0.314 e. The largest absolute Gasteiger partial charge is 0.466 e. The molecule has 0 bridgehead atoms. The van der Waals surface area contributed by atoms with E-state index in [0.29, 0.717) is 19.5 Å². The molecule has 18 heavy (non-hydrogen) atoms. The number of furan rings is 1. The molecule has 5 nitrogen and oxygen atoms in total. The molecule has 0 radical (unpaired) electrons. The smallest absolute Gasteiger partial charge is 0.314 e. The molecule has 0 aliphatic heterocycles. The van der Waals surface area contributed by atoms with Crippen LogP contribution in [0.2, 0.25) is 0 Å². The zero-order chi connectivity index (χ0) is 13.5. The Balaban J connectivity index is 2.31. The first-order valence-corrected chi connectivity index (χ1v) is 6.31. The molecule has 1 aromatic heterocycles. The monoisotopic (exact) mass is 254 g/mol. The van der Waals surface area contributed by atoms with Gasteiger partial charge in [-0.1, -0.05) is 6.92 Å². The van der Waals surface area contributed by atoms with Gasteiger partial charge >= 0.3 is 6.03 Å². The minimum absolute atomic E-state index is 0.191. The summed E-state index contributed by atoms with van der Waals surface area (Å²) in [5.41, 5.74) is 0.795. The summed E-state index contributed by atoms with van der Waals surface area (Å²) in [6.45, 7) is 6.76. The van der Waals surface area contributed by atoms with E-state index in [0.717, 1.165) is 23.5 Å². The second-order valence-electron chi connectivity index (χ2n) is 4.36. The molecule has 0 saturated carbocycles. The Bertz CT molecular complexity index is 388. The highest BCUT2D eigenvalue weighted by molar-refractivity contribution is 5.73. The quantitative estimate of drug-likeness (QED) is 0.727. The minimum atomic E-state index is -0.603. The van der Waals surface area contributed by atoms with Crippen LogP contribution in [0.5, 0.6) is 0 Å². The molecule has 1 heterocycles. The first kappa shape index (κ1) is 14.6. The number of aliphatic hydroxyl groups excluding tert-OH is 1. The summed E-state index contributed by atoms with van der Waals surface area (Å²) < 4.78 is 5.36. The van der Waals surface area contributed by atoms with Gasteiger partial charge in [0.25, 0.3) is 0 Å². The molecule has 0 saturated heterocycles. The fourth-order valence-corrected chi connectivity index (χ4v) is 1.76. The Morgan fingerprint density at radius 3 is 2.61 bits per heavy atom. The number of aryl methyl sites for hydroxylation is 2. The molecule has 3 N–H and O–H groups in total. The van der Waals surface area contributed by atoms with Crippen LogP contribution in [-0.2, 0) is 0 Å². The number of rotatable bonds is 6. The van der Waals surface area contributed by atoms with Gasteiger partial charge < -0.3 is 20.2 Å². The number of nitrogens with one attached hydrogen (secondary N) is 2. The van der Waals surface area contributed by atoms with Crippen molar-refractivity contribution in [2.75, 3.05) is 13.1 Å². The fraction of sp³-hybridized carbons (Fsp3) is 0.615. The summed E-state index contributed by atoms with van der Waals surface area (Å²) in [6, 6.07) is 1.64. The molecule has 1 rings (SSSR count). The predicted octanol–water partition coefficient (Wildman–Crippen LogP) is 2.03. The second-order valence-corrected chi connectivity index (χ2v) is 4.36. The number of carbonyl (C=O) groups excluding carboxylic acids is 1. The van der Waals surface area contributed by atoms with Crippen LogP contribution >= 0.6 is 0 Å². The molecule has 0 fully saturated rings. The first-order chi connectivity index (χ1) is 8.54. The molecular formula is C13H22N2O3. The zero-order valence-electron chi connectivity index (χ0n) is 11.2. The number of urea groups is 1. The van der Waals surface area contributed by atoms with Gasteiger partial charge in [0.2, 0.25) is 0 Å². The van der Waals surface area contributed by atoms with Crippen LogP contribution in [0.25, 0.3) is 0 Å². The van der Waals surface area contributed by atoms with Crippen molar-refractivity contribution in [1.82, 2.24) is 10.6 Å². The van der Waals surface area contributed by atoms with Crippen molar-refractivity contribution in [1.29, 1.82) is 0 Å². The number of carbonyl (C=O) groups is 1. The SMILES string of the molecule is CCCNC(=O)NCCC(O)c1cc(C)oc1C. The van der Waals surface area contributed by atoms with Crippen molar-refractivity contribution in [2.45, 2.75) is 39.7 Å². The molecule has 0 aliphatic rings. The Morgan fingerprint density at radius 1 is 1.39 bits per heavy atom. The minimum Gasteiger partial charge on any atom is -0.466 e. The Labute approximate surface area is 108 Å². The van der Waals surface area contributed by atoms with Gasteiger partial charge in [-0.25, -0.2) is 4.79 Å². The van der Waals surface area contributed by atoms with Gasteiger partial charge in [0.15, 0.2) is 0 Å². The summed E-state index contributed by atoms with van der Waals surface area (Å²) in [7, 11) is 0. The van der Waals surface area contributed by atoms with Gasteiger partial charge in [-0.05, 0) is 32.8 Å². The van der Waals surface area contributed by atoms with E-state index in [1.54, 1.807) is 0 Å². The van der Waals surface area contributed by atoms with E-state index in [1.165, 1.54) is 0 Å². The highest BCUT2D eigenvalue weighted by Gasteiger charge is 2.14. The lowest BCUT2D eigenvalue weighted by molar-refractivity contribution is 0.165. The number of aliphatic hydroxyl groups is 1. The Hall–Kier alpha value is -1.49. The van der Waals surface area contributed by atoms with Crippen LogP contribution in [0.4, 0.5) is 4.79 Å². The molecule has 5 heteroatoms. The molecule has 1 aromatic rings. The van der Waals surface area contributed by atoms with Crippen molar-refractivity contribution in [3.05, 3.63) is 23.2 Å². The van der Waals surface area contributed by atoms with Crippen LogP contribution < -0.4 is 10.6 Å². The van der Waals surface area contributed by atoms with Crippen LogP contribution in [0.3, 0.4) is 0 Å². The van der Waals surface area contributed by atoms with Crippen molar-refractivity contribution < 1.29 is 14.3 Å². The van der Waals surface area contributed by atoms with Crippen LogP contribution in [0.15, 0.2) is 10.5 Å². The molecular weight excluding hydrogens is 232 g/mol. The first-order valence-electron chi connectivity index (χ1n) is 6.31. The van der Waals surface area contributed by atoms with E-state index in [1.807, 2.05) is 26.8 Å². The third-order valence-corrected chi connectivity index (χ3v) is 2.68. The van der Waals surface area contributed by atoms with Crippen molar-refractivity contribution in [2.24, 2.45) is 0 Å². The normalized spacial score (nSPS) is 12.2. The lowest BCUT2D eigenvalue weighted by Gasteiger charge is -2.11. The van der Waals surface area contributed by atoms with E-state index in [9.17, 15) is 9.90 Å². The molecule has 102 valence electrons. The third kappa shape index (κ3) is 4.41. The average Bonchev–Trinajstić information content (AvgIpc) is 2.65. The second kappa shape index (κ2) is 7.06. The maximum absolute atomic E-state index is 11.3. The molecule has 0 aromatic carbocycles. The van der Waals surface area contributed by atoms with Gasteiger partial charge in [0.05, 0.1) is 6.10 Å². The third-order valence-electron chi connectivity index (χ3n) is 2.68. The summed E-state index contributed by atoms with van der Waals surface area (Å²) >= 11 is 0. The highest BCUT2D eigenvalue weighted by Crippen LogP contribution is 2.23. The van der Waals surface area contributed by atoms with E-state index in [-0.39, 0.29) is 6.03 Å². The highest BCUT2D eigenvalue weighted by atomic mass is 16.3. The zero-order valence-corrected chi connectivity index (χ0v) is 11.2. The maximum atomic E-state index is 11.3. The molecule has 1 atom stereocenters. The predicted molar refractivity (Wildman–Crippen MR) is 69.5 cm³/mol. The number of hydrogen-bond donors (Lipinski definition) is 3. The van der Waals surface area contributed by atoms with E-state index in [2.05, 4.69) is 10.6 Å². The Kier molecular flexibility index (Phi) is 5.71. The Morgan fingerprint density at radius 2 is 2.06 bits per heavy atom. The fourth-order valence-electron chi connectivity index (χ4n) is 1.76. The average molecular weight is 254 g/mol.